The lowest BCUT2D eigenvalue weighted by atomic mass is 10.2. The van der Waals surface area contributed by atoms with Gasteiger partial charge in [-0.3, -0.25) is 4.79 Å². The van der Waals surface area contributed by atoms with E-state index < -0.39 is 0 Å². The number of halogens is 2. The number of carbonyl (C=O) groups excluding carboxylic acids is 1. The van der Waals surface area contributed by atoms with E-state index in [-0.39, 0.29) is 5.91 Å². The van der Waals surface area contributed by atoms with E-state index in [4.69, 9.17) is 5.73 Å². The average Bonchev–Trinajstić information content (AvgIpc) is 2.35. The highest BCUT2D eigenvalue weighted by Crippen LogP contribution is 2.25. The van der Waals surface area contributed by atoms with Crippen molar-refractivity contribution in [2.24, 2.45) is 0 Å². The molecule has 0 aliphatic rings. The molecule has 6 heteroatoms. The maximum Gasteiger partial charge on any atom is 0.256 e. The molecule has 1 amide bonds. The molecular weight excluding hydrogens is 362 g/mol. The zero-order chi connectivity index (χ0) is 13.1. The fraction of sp³-hybridized carbons (Fsp3) is 0. The van der Waals surface area contributed by atoms with E-state index in [1.54, 1.807) is 36.5 Å². The van der Waals surface area contributed by atoms with Crippen LogP contribution in [0.5, 0.6) is 0 Å². The fourth-order valence-electron chi connectivity index (χ4n) is 1.39. The Balaban J connectivity index is 2.28. The van der Waals surface area contributed by atoms with Gasteiger partial charge >= 0.3 is 0 Å². The van der Waals surface area contributed by atoms with E-state index in [1.165, 1.54) is 0 Å². The molecule has 0 spiro atoms. The molecule has 4 nitrogen and oxygen atoms in total. The molecule has 2 aromatic rings. The van der Waals surface area contributed by atoms with Crippen LogP contribution in [-0.4, -0.2) is 10.9 Å². The number of pyridine rings is 1. The molecule has 0 radical (unpaired) electrons. The summed E-state index contributed by atoms with van der Waals surface area (Å²) in [4.78, 5) is 16.1. The highest BCUT2D eigenvalue weighted by Gasteiger charge is 2.13. The standard InChI is InChI=1S/C12H9Br2N3O/c13-10-7(3-1-4-8(10)15)12(18)17-9-5-2-6-16-11(9)14/h1-6H,15H2,(H,17,18). The number of aromatic nitrogens is 1. The van der Waals surface area contributed by atoms with E-state index in [0.717, 1.165) is 0 Å². The van der Waals surface area contributed by atoms with Crippen LogP contribution < -0.4 is 11.1 Å². The van der Waals surface area contributed by atoms with Crippen LogP contribution in [0.3, 0.4) is 0 Å². The number of hydrogen-bond acceptors (Lipinski definition) is 3. The number of carbonyl (C=O) groups is 1. The first-order valence-electron chi connectivity index (χ1n) is 5.05. The molecule has 0 saturated carbocycles. The van der Waals surface area contributed by atoms with Gasteiger partial charge in [-0.25, -0.2) is 4.98 Å². The third kappa shape index (κ3) is 2.70. The van der Waals surface area contributed by atoms with E-state index >= 15 is 0 Å². The molecule has 0 aliphatic carbocycles. The molecule has 0 bridgehead atoms. The Hall–Kier alpha value is -1.40. The van der Waals surface area contributed by atoms with Crippen LogP contribution in [0.25, 0.3) is 0 Å². The maximum absolute atomic E-state index is 12.1. The monoisotopic (exact) mass is 369 g/mol. The van der Waals surface area contributed by atoms with Gasteiger partial charge in [-0.1, -0.05) is 6.07 Å². The first kappa shape index (κ1) is 13.0. The Kier molecular flexibility index (Phi) is 3.98. The second-order valence-electron chi connectivity index (χ2n) is 3.50. The molecule has 1 aromatic carbocycles. The largest absolute Gasteiger partial charge is 0.398 e. The van der Waals surface area contributed by atoms with Gasteiger partial charge in [-0.2, -0.15) is 0 Å². The summed E-state index contributed by atoms with van der Waals surface area (Å²) < 4.78 is 1.17. The van der Waals surface area contributed by atoms with Gasteiger partial charge in [0.25, 0.3) is 5.91 Å². The topological polar surface area (TPSA) is 68.0 Å². The Bertz CT molecular complexity index is 602. The summed E-state index contributed by atoms with van der Waals surface area (Å²) in [6.07, 6.45) is 1.64. The van der Waals surface area contributed by atoms with Crippen molar-refractivity contribution in [3.8, 4) is 0 Å². The number of benzene rings is 1. The lowest BCUT2D eigenvalue weighted by Crippen LogP contribution is -2.13. The SMILES string of the molecule is Nc1cccc(C(=O)Nc2cccnc2Br)c1Br. The summed E-state index contributed by atoms with van der Waals surface area (Å²) >= 11 is 6.57. The number of nitrogens with one attached hydrogen (secondary N) is 1. The smallest absolute Gasteiger partial charge is 0.256 e. The second-order valence-corrected chi connectivity index (χ2v) is 5.05. The first-order valence-corrected chi connectivity index (χ1v) is 6.64. The Morgan fingerprint density at radius 3 is 2.72 bits per heavy atom. The van der Waals surface area contributed by atoms with Crippen LogP contribution >= 0.6 is 31.9 Å². The number of nitrogen functional groups attached to an aromatic ring is 1. The average molecular weight is 371 g/mol. The van der Waals surface area contributed by atoms with Gasteiger partial charge in [0.15, 0.2) is 0 Å². The van der Waals surface area contributed by atoms with E-state index in [0.29, 0.717) is 26.0 Å². The van der Waals surface area contributed by atoms with Gasteiger partial charge in [0.1, 0.15) is 4.60 Å². The first-order chi connectivity index (χ1) is 8.59. The quantitative estimate of drug-likeness (QED) is 0.628. The summed E-state index contributed by atoms with van der Waals surface area (Å²) in [5.74, 6) is -0.247. The van der Waals surface area contributed by atoms with Gasteiger partial charge in [0, 0.05) is 11.9 Å². The van der Waals surface area contributed by atoms with Crippen LogP contribution in [0, 0.1) is 0 Å². The summed E-state index contributed by atoms with van der Waals surface area (Å²) in [7, 11) is 0. The van der Waals surface area contributed by atoms with Gasteiger partial charge in [-0.15, -0.1) is 0 Å². The number of rotatable bonds is 2. The Morgan fingerprint density at radius 1 is 1.22 bits per heavy atom. The summed E-state index contributed by atoms with van der Waals surface area (Å²) in [6.45, 7) is 0. The molecule has 0 saturated heterocycles. The minimum absolute atomic E-state index is 0.247. The Labute approximate surface area is 121 Å². The Morgan fingerprint density at radius 2 is 2.00 bits per heavy atom. The van der Waals surface area contributed by atoms with E-state index in [2.05, 4.69) is 42.2 Å². The molecule has 0 atom stereocenters. The number of amides is 1. The summed E-state index contributed by atoms with van der Waals surface area (Å²) in [5.41, 5.74) is 7.34. The highest BCUT2D eigenvalue weighted by molar-refractivity contribution is 9.11. The maximum atomic E-state index is 12.1. The zero-order valence-corrected chi connectivity index (χ0v) is 12.3. The lowest BCUT2D eigenvalue weighted by Gasteiger charge is -2.09. The molecule has 0 unspecified atom stereocenters. The number of nitrogens with two attached hydrogens (primary N) is 1. The van der Waals surface area contributed by atoms with Crippen molar-refractivity contribution in [3.63, 3.8) is 0 Å². The second kappa shape index (κ2) is 5.49. The van der Waals surface area contributed by atoms with E-state index in [9.17, 15) is 4.79 Å². The molecule has 0 aliphatic heterocycles. The van der Waals surface area contributed by atoms with Gasteiger partial charge in [-0.05, 0) is 56.1 Å². The van der Waals surface area contributed by atoms with Crippen LogP contribution in [-0.2, 0) is 0 Å². The number of anilines is 2. The molecular formula is C12H9Br2N3O. The predicted molar refractivity (Wildman–Crippen MR) is 78.4 cm³/mol. The predicted octanol–water partition coefficient (Wildman–Crippen LogP) is 3.44. The van der Waals surface area contributed by atoms with Crippen molar-refractivity contribution >= 4 is 49.1 Å². The van der Waals surface area contributed by atoms with Crippen molar-refractivity contribution in [2.45, 2.75) is 0 Å². The van der Waals surface area contributed by atoms with Crippen LogP contribution in [0.4, 0.5) is 11.4 Å². The number of hydrogen-bond donors (Lipinski definition) is 2. The normalized spacial score (nSPS) is 10.1. The van der Waals surface area contributed by atoms with Gasteiger partial charge < -0.3 is 11.1 Å². The summed E-state index contributed by atoms with van der Waals surface area (Å²) in [5, 5.41) is 2.76. The van der Waals surface area contributed by atoms with Gasteiger partial charge in [0.05, 0.1) is 15.7 Å². The zero-order valence-electron chi connectivity index (χ0n) is 9.15. The number of nitrogens with zero attached hydrogens (tertiary/aromatic N) is 1. The van der Waals surface area contributed by atoms with Crippen LogP contribution in [0.1, 0.15) is 10.4 Å². The third-order valence-electron chi connectivity index (χ3n) is 2.28. The lowest BCUT2D eigenvalue weighted by molar-refractivity contribution is 0.102. The fourth-order valence-corrected chi connectivity index (χ4v) is 2.19. The third-order valence-corrected chi connectivity index (χ3v) is 3.80. The van der Waals surface area contributed by atoms with Gasteiger partial charge in [0.2, 0.25) is 0 Å². The van der Waals surface area contributed by atoms with Crippen LogP contribution in [0.2, 0.25) is 0 Å². The van der Waals surface area contributed by atoms with Crippen LogP contribution in [0.15, 0.2) is 45.6 Å². The molecule has 92 valence electrons. The molecule has 2 rings (SSSR count). The van der Waals surface area contributed by atoms with Crippen molar-refractivity contribution in [1.29, 1.82) is 0 Å². The molecule has 18 heavy (non-hydrogen) atoms. The molecule has 0 fully saturated rings. The van der Waals surface area contributed by atoms with Crippen molar-refractivity contribution in [1.82, 2.24) is 4.98 Å². The summed E-state index contributed by atoms with van der Waals surface area (Å²) in [6, 6.07) is 8.65. The van der Waals surface area contributed by atoms with Crippen molar-refractivity contribution < 1.29 is 4.79 Å². The highest BCUT2D eigenvalue weighted by atomic mass is 79.9. The molecule has 3 N–H and O–H groups in total. The van der Waals surface area contributed by atoms with Crippen molar-refractivity contribution in [3.05, 3.63) is 51.2 Å². The minimum atomic E-state index is -0.247. The van der Waals surface area contributed by atoms with Crippen molar-refractivity contribution in [2.75, 3.05) is 11.1 Å². The molecule has 1 aromatic heterocycles. The van der Waals surface area contributed by atoms with E-state index in [1.807, 2.05) is 0 Å². The minimum Gasteiger partial charge on any atom is -0.398 e. The molecule has 1 heterocycles.